The highest BCUT2D eigenvalue weighted by Crippen LogP contribution is 2.32. The lowest BCUT2D eigenvalue weighted by atomic mass is 10.1. The topological polar surface area (TPSA) is 67.5 Å². The number of thiazole rings is 1. The van der Waals surface area contributed by atoms with Crippen molar-refractivity contribution in [3.8, 4) is 11.3 Å². The molecule has 174 valence electrons. The van der Waals surface area contributed by atoms with Crippen LogP contribution >= 0.6 is 46.1 Å². The number of benzene rings is 3. The van der Waals surface area contributed by atoms with Gasteiger partial charge in [-0.3, -0.25) is 10.1 Å². The standard InChI is InChI=1S/C26H16Cl3N3O2S/c1-14-4-2-3-5-21(14)30-25-19(11-15-10-16(27)7-9-23(15)34-25)24(33)32-26-31-22(13-35-26)18-8-6-17(28)12-20(18)29/h2-13H,1H3,(H,31,32,33). The Morgan fingerprint density at radius 1 is 1.00 bits per heavy atom. The molecule has 1 amide bonds. The minimum absolute atomic E-state index is 0.184. The quantitative estimate of drug-likeness (QED) is 0.249. The SMILES string of the molecule is Cc1ccccc1N=c1oc2ccc(Cl)cc2cc1C(=O)Nc1nc(-c2ccc(Cl)cc2Cl)cs1. The first-order chi connectivity index (χ1) is 16.9. The second kappa shape index (κ2) is 9.84. The van der Waals surface area contributed by atoms with Gasteiger partial charge >= 0.3 is 0 Å². The van der Waals surface area contributed by atoms with Crippen LogP contribution in [0.2, 0.25) is 15.1 Å². The van der Waals surface area contributed by atoms with Crippen LogP contribution in [0.3, 0.4) is 0 Å². The van der Waals surface area contributed by atoms with Crippen molar-refractivity contribution in [1.82, 2.24) is 4.98 Å². The molecule has 0 unspecified atom stereocenters. The number of anilines is 1. The number of hydrogen-bond acceptors (Lipinski definition) is 5. The van der Waals surface area contributed by atoms with Gasteiger partial charge in [-0.1, -0.05) is 53.0 Å². The van der Waals surface area contributed by atoms with Crippen LogP contribution in [0.5, 0.6) is 0 Å². The van der Waals surface area contributed by atoms with Gasteiger partial charge in [-0.2, -0.15) is 0 Å². The summed E-state index contributed by atoms with van der Waals surface area (Å²) in [6.07, 6.45) is 0. The van der Waals surface area contributed by atoms with E-state index in [0.29, 0.717) is 42.6 Å². The number of nitrogens with zero attached hydrogens (tertiary/aromatic N) is 2. The largest absolute Gasteiger partial charge is 0.438 e. The fourth-order valence-corrected chi connectivity index (χ4v) is 4.85. The van der Waals surface area contributed by atoms with Crippen molar-refractivity contribution in [3.05, 3.63) is 104 Å². The van der Waals surface area contributed by atoms with Crippen molar-refractivity contribution >= 4 is 73.8 Å². The lowest BCUT2D eigenvalue weighted by Crippen LogP contribution is -2.21. The molecule has 0 atom stereocenters. The van der Waals surface area contributed by atoms with Gasteiger partial charge in [-0.05, 0) is 61.0 Å². The molecule has 1 N–H and O–H groups in total. The van der Waals surface area contributed by atoms with Crippen molar-refractivity contribution in [1.29, 1.82) is 0 Å². The minimum Gasteiger partial charge on any atom is -0.438 e. The number of carbonyl (C=O) groups excluding carboxylic acids is 1. The van der Waals surface area contributed by atoms with Gasteiger partial charge in [0, 0.05) is 26.4 Å². The molecule has 5 nitrogen and oxygen atoms in total. The van der Waals surface area contributed by atoms with Crippen molar-refractivity contribution < 1.29 is 9.21 Å². The predicted octanol–water partition coefficient (Wildman–Crippen LogP) is 8.31. The Hall–Kier alpha value is -3.16. The van der Waals surface area contributed by atoms with E-state index in [2.05, 4.69) is 15.3 Å². The summed E-state index contributed by atoms with van der Waals surface area (Å²) in [7, 11) is 0. The molecular weight excluding hydrogens is 525 g/mol. The molecule has 5 aromatic rings. The Morgan fingerprint density at radius 2 is 1.77 bits per heavy atom. The number of nitrogens with one attached hydrogen (secondary N) is 1. The van der Waals surface area contributed by atoms with Crippen molar-refractivity contribution in [2.75, 3.05) is 5.32 Å². The van der Waals surface area contributed by atoms with Gasteiger partial charge in [0.2, 0.25) is 5.55 Å². The molecule has 35 heavy (non-hydrogen) atoms. The molecule has 5 rings (SSSR count). The van der Waals surface area contributed by atoms with Crippen LogP contribution in [-0.2, 0) is 0 Å². The summed E-state index contributed by atoms with van der Waals surface area (Å²) in [5.74, 6) is -0.411. The van der Waals surface area contributed by atoms with E-state index in [4.69, 9.17) is 39.2 Å². The zero-order valence-corrected chi connectivity index (χ0v) is 21.3. The molecule has 0 spiro atoms. The summed E-state index contributed by atoms with van der Waals surface area (Å²) < 4.78 is 6.03. The van der Waals surface area contributed by atoms with Gasteiger partial charge in [0.25, 0.3) is 5.91 Å². The molecule has 0 bridgehead atoms. The van der Waals surface area contributed by atoms with Crippen LogP contribution in [-0.4, -0.2) is 10.9 Å². The summed E-state index contributed by atoms with van der Waals surface area (Å²) in [6, 6.07) is 19.7. The number of aromatic nitrogens is 1. The van der Waals surface area contributed by atoms with Crippen molar-refractivity contribution in [2.45, 2.75) is 6.92 Å². The molecule has 0 saturated carbocycles. The van der Waals surface area contributed by atoms with Crippen LogP contribution in [0.1, 0.15) is 15.9 Å². The third kappa shape index (κ3) is 5.11. The lowest BCUT2D eigenvalue weighted by Gasteiger charge is -2.06. The van der Waals surface area contributed by atoms with E-state index in [9.17, 15) is 4.79 Å². The van der Waals surface area contributed by atoms with E-state index in [1.54, 1.807) is 42.5 Å². The average Bonchev–Trinajstić information content (AvgIpc) is 3.28. The monoisotopic (exact) mass is 539 g/mol. The summed E-state index contributed by atoms with van der Waals surface area (Å²) in [4.78, 5) is 22.5. The Bertz CT molecular complexity index is 1660. The second-order valence-electron chi connectivity index (χ2n) is 7.66. The summed E-state index contributed by atoms with van der Waals surface area (Å²) >= 11 is 19.7. The summed E-state index contributed by atoms with van der Waals surface area (Å²) in [5, 5.41) is 7.29. The molecular formula is C26H16Cl3N3O2S. The highest BCUT2D eigenvalue weighted by molar-refractivity contribution is 7.14. The maximum atomic E-state index is 13.4. The molecule has 0 aliphatic carbocycles. The number of para-hydroxylation sites is 1. The van der Waals surface area contributed by atoms with E-state index in [0.717, 1.165) is 11.1 Å². The van der Waals surface area contributed by atoms with E-state index < -0.39 is 5.91 Å². The number of rotatable bonds is 4. The highest BCUT2D eigenvalue weighted by atomic mass is 35.5. The first-order valence-corrected chi connectivity index (χ1v) is 12.4. The molecule has 2 heterocycles. The van der Waals surface area contributed by atoms with E-state index in [1.807, 2.05) is 36.6 Å². The molecule has 0 saturated heterocycles. The lowest BCUT2D eigenvalue weighted by molar-refractivity contribution is 0.102. The Morgan fingerprint density at radius 3 is 2.57 bits per heavy atom. The number of fused-ring (bicyclic) bond motifs is 1. The van der Waals surface area contributed by atoms with Crippen LogP contribution in [0.4, 0.5) is 10.8 Å². The van der Waals surface area contributed by atoms with Crippen LogP contribution < -0.4 is 10.9 Å². The van der Waals surface area contributed by atoms with Gasteiger partial charge < -0.3 is 4.42 Å². The van der Waals surface area contributed by atoms with Gasteiger partial charge in [-0.25, -0.2) is 9.98 Å². The second-order valence-corrected chi connectivity index (χ2v) is 9.80. The summed E-state index contributed by atoms with van der Waals surface area (Å²) in [5.41, 5.74) is 4.01. The molecule has 3 aromatic carbocycles. The fraction of sp³-hybridized carbons (Fsp3) is 0.0385. The smallest absolute Gasteiger partial charge is 0.262 e. The minimum atomic E-state index is -0.411. The van der Waals surface area contributed by atoms with E-state index >= 15 is 0 Å². The number of amides is 1. The first kappa shape index (κ1) is 23.6. The number of hydrogen-bond donors (Lipinski definition) is 1. The number of aryl methyl sites for hydroxylation is 1. The number of carbonyl (C=O) groups is 1. The van der Waals surface area contributed by atoms with Gasteiger partial charge in [-0.15, -0.1) is 11.3 Å². The highest BCUT2D eigenvalue weighted by Gasteiger charge is 2.16. The maximum Gasteiger partial charge on any atom is 0.262 e. The van der Waals surface area contributed by atoms with E-state index in [-0.39, 0.29) is 11.1 Å². The third-order valence-electron chi connectivity index (χ3n) is 5.22. The van der Waals surface area contributed by atoms with Crippen LogP contribution in [0.15, 0.2) is 81.5 Å². The maximum absolute atomic E-state index is 13.4. The van der Waals surface area contributed by atoms with Gasteiger partial charge in [0.15, 0.2) is 5.13 Å². The predicted molar refractivity (Wildman–Crippen MR) is 143 cm³/mol. The van der Waals surface area contributed by atoms with Gasteiger partial charge in [0.05, 0.1) is 16.4 Å². The van der Waals surface area contributed by atoms with Crippen molar-refractivity contribution in [3.63, 3.8) is 0 Å². The molecule has 0 aliphatic rings. The first-order valence-electron chi connectivity index (χ1n) is 10.4. The fourth-order valence-electron chi connectivity index (χ4n) is 3.46. The Kier molecular flexibility index (Phi) is 6.62. The Labute approximate surface area is 219 Å². The molecule has 0 radical (unpaired) electrons. The Balaban J connectivity index is 1.55. The third-order valence-corrected chi connectivity index (χ3v) is 6.76. The zero-order chi connectivity index (χ0) is 24.5. The van der Waals surface area contributed by atoms with Gasteiger partial charge in [0.1, 0.15) is 11.1 Å². The van der Waals surface area contributed by atoms with Crippen LogP contribution in [0, 0.1) is 6.92 Å². The van der Waals surface area contributed by atoms with Crippen molar-refractivity contribution in [2.24, 2.45) is 4.99 Å². The molecule has 0 aliphatic heterocycles. The normalized spacial score (nSPS) is 11.7. The van der Waals surface area contributed by atoms with Crippen LogP contribution in [0.25, 0.3) is 22.2 Å². The molecule has 9 heteroatoms. The zero-order valence-electron chi connectivity index (χ0n) is 18.2. The summed E-state index contributed by atoms with van der Waals surface area (Å²) in [6.45, 7) is 1.94. The number of halogens is 3. The molecule has 2 aromatic heterocycles. The van der Waals surface area contributed by atoms with E-state index in [1.165, 1.54) is 11.3 Å². The average molecular weight is 541 g/mol. The molecule has 0 fully saturated rings.